The quantitative estimate of drug-likeness (QED) is 0.816. The van der Waals surface area contributed by atoms with E-state index < -0.39 is 21.6 Å². The molecule has 0 unspecified atom stereocenters. The van der Waals surface area contributed by atoms with Crippen LogP contribution in [0.5, 0.6) is 5.75 Å². The molecule has 96 valence electrons. The van der Waals surface area contributed by atoms with Crippen LogP contribution in [0.3, 0.4) is 0 Å². The molecule has 7 heteroatoms. The monoisotopic (exact) mass is 281 g/mol. The Bertz CT molecular complexity index is 505. The number of nitrogens with one attached hydrogen (secondary N) is 1. The highest BCUT2D eigenvalue weighted by atomic mass is 35.5. The minimum atomic E-state index is -3.58. The van der Waals surface area contributed by atoms with Crippen LogP contribution < -0.4 is 4.72 Å². The van der Waals surface area contributed by atoms with Crippen LogP contribution in [0.15, 0.2) is 12.1 Å². The minimum absolute atomic E-state index is 0.0819. The molecule has 0 aliphatic rings. The lowest BCUT2D eigenvalue weighted by molar-refractivity contribution is 0.470. The Kier molecular flexibility index (Phi) is 4.59. The van der Waals surface area contributed by atoms with Crippen molar-refractivity contribution in [1.29, 1.82) is 0 Å². The highest BCUT2D eigenvalue weighted by Gasteiger charge is 2.14. The number of aromatic hydroxyl groups is 1. The first-order valence-electron chi connectivity index (χ1n) is 5.04. The number of unbranched alkanes of at least 4 members (excludes halogenated alkanes) is 1. The van der Waals surface area contributed by atoms with Crippen LogP contribution in [0.4, 0.5) is 10.1 Å². The van der Waals surface area contributed by atoms with Gasteiger partial charge in [0.15, 0.2) is 5.82 Å². The first kappa shape index (κ1) is 14.1. The molecule has 0 saturated heterocycles. The number of anilines is 1. The van der Waals surface area contributed by atoms with Crippen LogP contribution in [0, 0.1) is 5.82 Å². The van der Waals surface area contributed by atoms with Gasteiger partial charge in [0.25, 0.3) is 0 Å². The smallest absolute Gasteiger partial charge is 0.232 e. The van der Waals surface area contributed by atoms with E-state index in [4.69, 9.17) is 16.7 Å². The van der Waals surface area contributed by atoms with E-state index >= 15 is 0 Å². The number of hydrogen-bond donors (Lipinski definition) is 2. The van der Waals surface area contributed by atoms with Crippen molar-refractivity contribution in [2.75, 3.05) is 10.5 Å². The molecule has 4 nitrogen and oxygen atoms in total. The molecule has 0 aliphatic heterocycles. The van der Waals surface area contributed by atoms with Gasteiger partial charge in [-0.3, -0.25) is 4.72 Å². The Morgan fingerprint density at radius 3 is 2.71 bits per heavy atom. The van der Waals surface area contributed by atoms with Crippen LogP contribution >= 0.6 is 11.6 Å². The van der Waals surface area contributed by atoms with Gasteiger partial charge in [0.1, 0.15) is 5.75 Å². The van der Waals surface area contributed by atoms with Crippen LogP contribution in [0.25, 0.3) is 0 Å². The number of phenolic OH excluding ortho intramolecular Hbond substituents is 1. The summed E-state index contributed by atoms with van der Waals surface area (Å²) in [4.78, 5) is 0. The molecule has 1 aromatic carbocycles. The normalized spacial score (nSPS) is 11.5. The van der Waals surface area contributed by atoms with Gasteiger partial charge in [-0.05, 0) is 12.5 Å². The summed E-state index contributed by atoms with van der Waals surface area (Å²) in [5.74, 6) is -1.38. The molecular weight excluding hydrogens is 269 g/mol. The average molecular weight is 282 g/mol. The molecule has 0 radical (unpaired) electrons. The number of hydrogen-bond acceptors (Lipinski definition) is 3. The number of benzene rings is 1. The van der Waals surface area contributed by atoms with E-state index in [0.717, 1.165) is 18.6 Å². The number of halogens is 2. The largest absolute Gasteiger partial charge is 0.506 e. The SMILES string of the molecule is CCCCS(=O)(=O)Nc1cc(Cl)c(O)cc1F. The summed E-state index contributed by atoms with van der Waals surface area (Å²) in [6.07, 6.45) is 1.21. The Hall–Kier alpha value is -1.01. The van der Waals surface area contributed by atoms with E-state index in [-0.39, 0.29) is 16.5 Å². The maximum atomic E-state index is 13.3. The third-order valence-corrected chi connectivity index (χ3v) is 3.73. The van der Waals surface area contributed by atoms with Crippen molar-refractivity contribution in [3.8, 4) is 5.75 Å². The van der Waals surface area contributed by atoms with Gasteiger partial charge in [-0.2, -0.15) is 0 Å². The van der Waals surface area contributed by atoms with Gasteiger partial charge in [-0.1, -0.05) is 24.9 Å². The van der Waals surface area contributed by atoms with Gasteiger partial charge in [-0.25, -0.2) is 12.8 Å². The molecule has 17 heavy (non-hydrogen) atoms. The van der Waals surface area contributed by atoms with Crippen LogP contribution in [-0.2, 0) is 10.0 Å². The second-order valence-corrected chi connectivity index (χ2v) is 5.81. The zero-order valence-corrected chi connectivity index (χ0v) is 10.8. The van der Waals surface area contributed by atoms with Gasteiger partial charge < -0.3 is 5.11 Å². The predicted molar refractivity (Wildman–Crippen MR) is 65.4 cm³/mol. The van der Waals surface area contributed by atoms with Crippen molar-refractivity contribution in [2.45, 2.75) is 19.8 Å². The average Bonchev–Trinajstić information content (AvgIpc) is 2.23. The van der Waals surface area contributed by atoms with E-state index in [1.54, 1.807) is 0 Å². The highest BCUT2D eigenvalue weighted by molar-refractivity contribution is 7.92. The second-order valence-electron chi connectivity index (χ2n) is 3.56. The van der Waals surface area contributed by atoms with Crippen molar-refractivity contribution < 1.29 is 17.9 Å². The van der Waals surface area contributed by atoms with Crippen LogP contribution in [-0.4, -0.2) is 19.3 Å². The second kappa shape index (κ2) is 5.55. The van der Waals surface area contributed by atoms with Gasteiger partial charge in [0.2, 0.25) is 10.0 Å². The third-order valence-electron chi connectivity index (χ3n) is 2.07. The zero-order chi connectivity index (χ0) is 13.1. The molecule has 0 spiro atoms. The molecule has 1 rings (SSSR count). The van der Waals surface area contributed by atoms with Gasteiger partial charge >= 0.3 is 0 Å². The van der Waals surface area contributed by atoms with Gasteiger partial charge in [0.05, 0.1) is 16.5 Å². The number of sulfonamides is 1. The first-order chi connectivity index (χ1) is 7.85. The molecule has 0 aliphatic carbocycles. The molecule has 2 N–H and O–H groups in total. The van der Waals surface area contributed by atoms with E-state index in [1.165, 1.54) is 0 Å². The fourth-order valence-corrected chi connectivity index (χ4v) is 2.59. The lowest BCUT2D eigenvalue weighted by Crippen LogP contribution is -2.17. The van der Waals surface area contributed by atoms with Crippen LogP contribution in [0.2, 0.25) is 5.02 Å². The third kappa shape index (κ3) is 4.05. The molecule has 0 fully saturated rings. The van der Waals surface area contributed by atoms with Gasteiger partial charge in [-0.15, -0.1) is 0 Å². The zero-order valence-electron chi connectivity index (χ0n) is 9.20. The fourth-order valence-electron chi connectivity index (χ4n) is 1.17. The molecule has 0 aromatic heterocycles. The minimum Gasteiger partial charge on any atom is -0.506 e. The Morgan fingerprint density at radius 2 is 2.12 bits per heavy atom. The van der Waals surface area contributed by atoms with Gasteiger partial charge in [0, 0.05) is 6.07 Å². The lowest BCUT2D eigenvalue weighted by Gasteiger charge is -2.09. The molecule has 0 amide bonds. The van der Waals surface area contributed by atoms with Crippen molar-refractivity contribution in [1.82, 2.24) is 0 Å². The highest BCUT2D eigenvalue weighted by Crippen LogP contribution is 2.29. The maximum absolute atomic E-state index is 13.3. The fraction of sp³-hybridized carbons (Fsp3) is 0.400. The Balaban J connectivity index is 2.92. The molecule has 0 atom stereocenters. The van der Waals surface area contributed by atoms with E-state index in [1.807, 2.05) is 6.92 Å². The predicted octanol–water partition coefficient (Wildman–Crippen LogP) is 2.73. The van der Waals surface area contributed by atoms with Crippen molar-refractivity contribution in [3.05, 3.63) is 23.0 Å². The summed E-state index contributed by atoms with van der Waals surface area (Å²) in [5.41, 5.74) is -0.260. The lowest BCUT2D eigenvalue weighted by atomic mass is 10.3. The molecule has 0 bridgehead atoms. The maximum Gasteiger partial charge on any atom is 0.232 e. The molecule has 0 saturated carbocycles. The molecule has 1 aromatic rings. The molecular formula is C10H13ClFNO3S. The van der Waals surface area contributed by atoms with E-state index in [0.29, 0.717) is 6.42 Å². The summed E-state index contributed by atoms with van der Waals surface area (Å²) in [6, 6.07) is 1.80. The Labute approximate surface area is 104 Å². The summed E-state index contributed by atoms with van der Waals surface area (Å²) < 4.78 is 38.5. The topological polar surface area (TPSA) is 66.4 Å². The summed E-state index contributed by atoms with van der Waals surface area (Å²) in [6.45, 7) is 1.85. The van der Waals surface area contributed by atoms with E-state index in [9.17, 15) is 12.8 Å². The van der Waals surface area contributed by atoms with E-state index in [2.05, 4.69) is 4.72 Å². The summed E-state index contributed by atoms with van der Waals surface area (Å²) in [5, 5.41) is 9.00. The van der Waals surface area contributed by atoms with Crippen molar-refractivity contribution in [3.63, 3.8) is 0 Å². The first-order valence-corrected chi connectivity index (χ1v) is 7.07. The number of rotatable bonds is 5. The Morgan fingerprint density at radius 1 is 1.47 bits per heavy atom. The van der Waals surface area contributed by atoms with Crippen LogP contribution in [0.1, 0.15) is 19.8 Å². The molecule has 0 heterocycles. The van der Waals surface area contributed by atoms with Crippen molar-refractivity contribution in [2.24, 2.45) is 0 Å². The number of phenols is 1. The standard InChI is InChI=1S/C10H13ClFNO3S/c1-2-3-4-17(15,16)13-9-5-7(11)10(14)6-8(9)12/h5-6,13-14H,2-4H2,1H3. The summed E-state index contributed by atoms with van der Waals surface area (Å²) >= 11 is 5.57. The van der Waals surface area contributed by atoms with Crippen molar-refractivity contribution >= 4 is 27.3 Å². The summed E-state index contributed by atoms with van der Waals surface area (Å²) in [7, 11) is -3.58.